The second-order valence-electron chi connectivity index (χ2n) is 11.0. The van der Waals surface area contributed by atoms with E-state index in [1.807, 2.05) is 72.7 Å². The molecular weight excluding hydrogens is 546 g/mol. The van der Waals surface area contributed by atoms with Gasteiger partial charge in [0, 0.05) is 12.1 Å². The fraction of sp³-hybridized carbons (Fsp3) is 0.355. The maximum Gasteiger partial charge on any atom is 0.343 e. The number of β-amino-alcohol motifs (C(OH)–C–C–N with tert-alkyl or cyclic N) is 1. The van der Waals surface area contributed by atoms with Crippen molar-refractivity contribution in [3.63, 3.8) is 0 Å². The van der Waals surface area contributed by atoms with Gasteiger partial charge in [-0.3, -0.25) is 4.55 Å². The second kappa shape index (κ2) is 13.9. The van der Waals surface area contributed by atoms with Gasteiger partial charge in [0.25, 0.3) is 10.1 Å². The molecule has 3 rings (SSSR count). The maximum atomic E-state index is 13.0. The Morgan fingerprint density at radius 2 is 1.24 bits per heavy atom. The molecule has 3 aromatic rings. The number of carbonyl (C=O) groups excluding carboxylic acids is 2. The average Bonchev–Trinajstić information content (AvgIpc) is 2.81. The van der Waals surface area contributed by atoms with Crippen LogP contribution in [-0.2, 0) is 10.1 Å². The maximum absolute atomic E-state index is 13.0. The number of aryl methyl sites for hydroxylation is 4. The van der Waals surface area contributed by atoms with Crippen molar-refractivity contribution in [2.75, 3.05) is 12.8 Å². The number of ether oxygens (including phenoxy) is 2. The predicted octanol–water partition coefficient (Wildman–Crippen LogP) is 5.28. The minimum absolute atomic E-state index is 0.0606. The summed E-state index contributed by atoms with van der Waals surface area (Å²) >= 11 is 0. The first-order chi connectivity index (χ1) is 18.8. The minimum Gasteiger partial charge on any atom is -0.419 e. The lowest BCUT2D eigenvalue weighted by atomic mass is 10.0. The SMILES string of the molecule is CS(=O)(=O)O.Cc1ccc(C(=O)Oc2ccc(C(O)CNC(C)(C)C)cc2OC(=O)c2ccc(C)cc2C)c(C)c1. The summed E-state index contributed by atoms with van der Waals surface area (Å²) < 4.78 is 37.3. The molecule has 0 aliphatic rings. The normalized spacial score (nSPS) is 12.1. The van der Waals surface area contributed by atoms with E-state index in [-0.39, 0.29) is 17.0 Å². The molecule has 0 aromatic heterocycles. The van der Waals surface area contributed by atoms with Crippen molar-refractivity contribution >= 4 is 22.1 Å². The van der Waals surface area contributed by atoms with Gasteiger partial charge in [-0.05, 0) is 89.4 Å². The lowest BCUT2D eigenvalue weighted by molar-refractivity contribution is 0.0680. The number of esters is 2. The molecule has 0 amide bonds. The Labute approximate surface area is 242 Å². The van der Waals surface area contributed by atoms with E-state index in [2.05, 4.69) is 5.32 Å². The van der Waals surface area contributed by atoms with Gasteiger partial charge in [-0.15, -0.1) is 0 Å². The second-order valence-corrected chi connectivity index (χ2v) is 12.5. The van der Waals surface area contributed by atoms with Gasteiger partial charge in [-0.1, -0.05) is 41.5 Å². The van der Waals surface area contributed by atoms with Crippen molar-refractivity contribution in [1.29, 1.82) is 0 Å². The largest absolute Gasteiger partial charge is 0.419 e. The molecule has 3 N–H and O–H groups in total. The predicted molar refractivity (Wildman–Crippen MR) is 158 cm³/mol. The molecule has 3 aromatic carbocycles. The van der Waals surface area contributed by atoms with E-state index >= 15 is 0 Å². The summed E-state index contributed by atoms with van der Waals surface area (Å²) in [6.45, 7) is 13.9. The van der Waals surface area contributed by atoms with Crippen LogP contribution in [0.4, 0.5) is 0 Å². The van der Waals surface area contributed by atoms with Gasteiger partial charge in [0.05, 0.1) is 23.5 Å². The molecule has 10 heteroatoms. The van der Waals surface area contributed by atoms with Crippen LogP contribution in [0, 0.1) is 27.7 Å². The lowest BCUT2D eigenvalue weighted by Gasteiger charge is -2.23. The Kier molecular flexibility index (Phi) is 11.4. The van der Waals surface area contributed by atoms with Crippen molar-refractivity contribution in [2.45, 2.75) is 60.1 Å². The van der Waals surface area contributed by atoms with Crippen molar-refractivity contribution < 1.29 is 37.1 Å². The average molecular weight is 586 g/mol. The van der Waals surface area contributed by atoms with Gasteiger partial charge in [0.1, 0.15) is 0 Å². The summed E-state index contributed by atoms with van der Waals surface area (Å²) in [6.07, 6.45) is -0.139. The molecule has 9 nitrogen and oxygen atoms in total. The van der Waals surface area contributed by atoms with E-state index in [1.54, 1.807) is 30.3 Å². The van der Waals surface area contributed by atoms with E-state index in [0.29, 0.717) is 29.5 Å². The third-order valence-corrected chi connectivity index (χ3v) is 5.79. The van der Waals surface area contributed by atoms with Crippen LogP contribution in [0.3, 0.4) is 0 Å². The van der Waals surface area contributed by atoms with E-state index in [9.17, 15) is 23.1 Å². The van der Waals surface area contributed by atoms with Crippen LogP contribution in [0.15, 0.2) is 54.6 Å². The Morgan fingerprint density at radius 3 is 1.66 bits per heavy atom. The highest BCUT2D eigenvalue weighted by atomic mass is 32.2. The van der Waals surface area contributed by atoms with Gasteiger partial charge < -0.3 is 19.9 Å². The zero-order valence-corrected chi connectivity index (χ0v) is 25.5. The van der Waals surface area contributed by atoms with E-state index in [4.69, 9.17) is 14.0 Å². The topological polar surface area (TPSA) is 139 Å². The van der Waals surface area contributed by atoms with E-state index in [0.717, 1.165) is 22.3 Å². The van der Waals surface area contributed by atoms with Crippen molar-refractivity contribution in [1.82, 2.24) is 5.32 Å². The van der Waals surface area contributed by atoms with Crippen LogP contribution in [-0.4, -0.2) is 48.4 Å². The smallest absolute Gasteiger partial charge is 0.343 e. The number of benzene rings is 3. The zero-order valence-electron chi connectivity index (χ0n) is 24.7. The lowest BCUT2D eigenvalue weighted by Crippen LogP contribution is -2.38. The van der Waals surface area contributed by atoms with E-state index < -0.39 is 28.2 Å². The molecule has 41 heavy (non-hydrogen) atoms. The molecular formula is C31H39NO8S. The highest BCUT2D eigenvalue weighted by Crippen LogP contribution is 2.33. The molecule has 0 spiro atoms. The van der Waals surface area contributed by atoms with Crippen LogP contribution in [0.5, 0.6) is 11.5 Å². The minimum atomic E-state index is -3.67. The molecule has 1 atom stereocenters. The molecule has 0 fully saturated rings. The highest BCUT2D eigenvalue weighted by Gasteiger charge is 2.21. The first kappa shape index (κ1) is 33.6. The quantitative estimate of drug-likeness (QED) is 0.192. The fourth-order valence-electron chi connectivity index (χ4n) is 3.81. The summed E-state index contributed by atoms with van der Waals surface area (Å²) in [6, 6.07) is 15.6. The Morgan fingerprint density at radius 1 is 0.805 bits per heavy atom. The Balaban J connectivity index is 0.00000108. The van der Waals surface area contributed by atoms with Gasteiger partial charge >= 0.3 is 11.9 Å². The van der Waals surface area contributed by atoms with Crippen LogP contribution >= 0.6 is 0 Å². The van der Waals surface area contributed by atoms with Gasteiger partial charge in [0.2, 0.25) is 0 Å². The number of rotatable bonds is 7. The molecule has 0 heterocycles. The van der Waals surface area contributed by atoms with Gasteiger partial charge in [0.15, 0.2) is 11.5 Å². The van der Waals surface area contributed by atoms with Crippen molar-refractivity contribution in [2.24, 2.45) is 0 Å². The number of aliphatic hydroxyl groups excluding tert-OH is 1. The molecule has 222 valence electrons. The zero-order chi connectivity index (χ0) is 31.1. The summed E-state index contributed by atoms with van der Waals surface area (Å²) in [4.78, 5) is 26.0. The molecule has 0 aliphatic heterocycles. The number of nitrogens with one attached hydrogen (secondary N) is 1. The van der Waals surface area contributed by atoms with Crippen LogP contribution < -0.4 is 14.8 Å². The van der Waals surface area contributed by atoms with Crippen molar-refractivity contribution in [3.05, 3.63) is 93.5 Å². The molecule has 0 bridgehead atoms. The summed E-state index contributed by atoms with van der Waals surface area (Å²) in [5, 5.41) is 14.0. The number of carbonyl (C=O) groups is 2. The van der Waals surface area contributed by atoms with Crippen LogP contribution in [0.2, 0.25) is 0 Å². The Hall–Kier alpha value is -3.57. The summed E-state index contributed by atoms with van der Waals surface area (Å²) in [5.74, 6) is -0.974. The first-order valence-electron chi connectivity index (χ1n) is 12.9. The molecule has 0 aliphatic carbocycles. The third-order valence-electron chi connectivity index (χ3n) is 5.79. The number of hydrogen-bond donors (Lipinski definition) is 3. The monoisotopic (exact) mass is 585 g/mol. The summed E-state index contributed by atoms with van der Waals surface area (Å²) in [5.41, 5.74) is 4.81. The van der Waals surface area contributed by atoms with Gasteiger partial charge in [-0.2, -0.15) is 8.42 Å². The van der Waals surface area contributed by atoms with Gasteiger partial charge in [-0.25, -0.2) is 9.59 Å². The molecule has 1 unspecified atom stereocenters. The van der Waals surface area contributed by atoms with E-state index in [1.165, 1.54) is 0 Å². The van der Waals surface area contributed by atoms with Crippen molar-refractivity contribution in [3.8, 4) is 11.5 Å². The van der Waals surface area contributed by atoms with Crippen LogP contribution in [0.1, 0.15) is 75.4 Å². The summed E-state index contributed by atoms with van der Waals surface area (Å²) in [7, 11) is -3.67. The Bertz CT molecular complexity index is 1500. The standard InChI is InChI=1S/C30H35NO5.CH4O3S/c1-18-8-11-23(20(3)14-18)28(33)35-26-13-10-22(25(32)17-31-30(5,6)7)16-27(26)36-29(34)24-12-9-19(2)15-21(24)4;1-5(2,3)4/h8-16,25,31-32H,17H2,1-7H3;1H3,(H,2,3,4). The first-order valence-corrected chi connectivity index (χ1v) is 14.8. The number of aliphatic hydroxyl groups is 1. The fourth-order valence-corrected chi connectivity index (χ4v) is 3.81. The molecule has 0 radical (unpaired) electrons. The highest BCUT2D eigenvalue weighted by molar-refractivity contribution is 7.85. The molecule has 0 saturated carbocycles. The van der Waals surface area contributed by atoms with Crippen LogP contribution in [0.25, 0.3) is 0 Å². The third kappa shape index (κ3) is 11.4. The molecule has 0 saturated heterocycles. The number of hydrogen-bond acceptors (Lipinski definition) is 8.